The Bertz CT molecular complexity index is 301. The maximum absolute atomic E-state index is 11.5. The van der Waals surface area contributed by atoms with Gasteiger partial charge in [0.05, 0.1) is 15.7 Å². The third kappa shape index (κ3) is 2.82. The molecule has 0 spiro atoms. The Morgan fingerprint density at radius 3 is 2.69 bits per heavy atom. The molecule has 1 rings (SSSR count). The van der Waals surface area contributed by atoms with Gasteiger partial charge < -0.3 is 10.8 Å². The van der Waals surface area contributed by atoms with E-state index in [0.717, 1.165) is 0 Å². The van der Waals surface area contributed by atoms with E-state index < -0.39 is 10.8 Å². The molecule has 1 aromatic rings. The smallest absolute Gasteiger partial charge is 0.131 e. The molecule has 0 radical (unpaired) electrons. The summed E-state index contributed by atoms with van der Waals surface area (Å²) < 4.78 is 11.5. The Hall–Kier alpha value is -0.870. The Morgan fingerprint density at radius 1 is 1.38 bits per heavy atom. The van der Waals surface area contributed by atoms with Crippen LogP contribution in [0.1, 0.15) is 6.42 Å². The van der Waals surface area contributed by atoms with Crippen LogP contribution in [-0.2, 0) is 10.8 Å². The van der Waals surface area contributed by atoms with Crippen LogP contribution >= 0.6 is 0 Å². The van der Waals surface area contributed by atoms with Crippen molar-refractivity contribution in [3.05, 3.63) is 24.3 Å². The summed E-state index contributed by atoms with van der Waals surface area (Å²) in [5.74, 6) is 0.603. The lowest BCUT2D eigenvalue weighted by atomic mass is 10.3. The standard InChI is InChI=1S/C9H13NO2S/c10-6-3-7-13(12)9-5-2-1-4-8(9)11/h1-2,4-5,11H,3,6-7,10H2. The van der Waals surface area contributed by atoms with Gasteiger partial charge in [-0.25, -0.2) is 0 Å². The molecule has 0 aliphatic rings. The number of rotatable bonds is 4. The second-order valence-electron chi connectivity index (χ2n) is 2.66. The van der Waals surface area contributed by atoms with Gasteiger partial charge in [-0.05, 0) is 25.1 Å². The van der Waals surface area contributed by atoms with E-state index in [1.807, 2.05) is 0 Å². The van der Waals surface area contributed by atoms with Crippen LogP contribution in [-0.4, -0.2) is 21.6 Å². The minimum atomic E-state index is -1.12. The molecule has 1 aromatic carbocycles. The fourth-order valence-electron chi connectivity index (χ4n) is 0.974. The van der Waals surface area contributed by atoms with E-state index in [1.54, 1.807) is 18.2 Å². The summed E-state index contributed by atoms with van der Waals surface area (Å²) in [4.78, 5) is 0.496. The highest BCUT2D eigenvalue weighted by molar-refractivity contribution is 7.85. The van der Waals surface area contributed by atoms with Crippen molar-refractivity contribution < 1.29 is 9.32 Å². The minimum absolute atomic E-state index is 0.0952. The number of para-hydroxylation sites is 1. The Labute approximate surface area is 80.0 Å². The molecule has 3 nitrogen and oxygen atoms in total. The van der Waals surface area contributed by atoms with Crippen molar-refractivity contribution in [2.24, 2.45) is 5.73 Å². The van der Waals surface area contributed by atoms with Crippen LogP contribution in [0.25, 0.3) is 0 Å². The maximum atomic E-state index is 11.5. The number of hydrogen-bond donors (Lipinski definition) is 2. The van der Waals surface area contributed by atoms with Crippen molar-refractivity contribution >= 4 is 10.8 Å². The monoisotopic (exact) mass is 199 g/mol. The van der Waals surface area contributed by atoms with Crippen LogP contribution in [0.15, 0.2) is 29.2 Å². The quantitative estimate of drug-likeness (QED) is 0.755. The third-order valence-electron chi connectivity index (χ3n) is 1.64. The van der Waals surface area contributed by atoms with Gasteiger partial charge in [0.25, 0.3) is 0 Å². The highest BCUT2D eigenvalue weighted by Crippen LogP contribution is 2.19. The van der Waals surface area contributed by atoms with Crippen molar-refractivity contribution in [3.8, 4) is 5.75 Å². The summed E-state index contributed by atoms with van der Waals surface area (Å²) >= 11 is 0. The highest BCUT2D eigenvalue weighted by atomic mass is 32.2. The van der Waals surface area contributed by atoms with E-state index in [1.165, 1.54) is 6.07 Å². The van der Waals surface area contributed by atoms with E-state index in [9.17, 15) is 9.32 Å². The lowest BCUT2D eigenvalue weighted by Gasteiger charge is -2.02. The van der Waals surface area contributed by atoms with Gasteiger partial charge in [-0.2, -0.15) is 0 Å². The predicted molar refractivity (Wildman–Crippen MR) is 53.1 cm³/mol. The van der Waals surface area contributed by atoms with Crippen LogP contribution in [0.3, 0.4) is 0 Å². The van der Waals surface area contributed by atoms with Crippen LogP contribution in [0.5, 0.6) is 5.75 Å². The average Bonchev–Trinajstić information content (AvgIpc) is 2.15. The molecule has 0 saturated carbocycles. The molecule has 0 heterocycles. The Kier molecular flexibility index (Phi) is 3.92. The van der Waals surface area contributed by atoms with E-state index >= 15 is 0 Å². The van der Waals surface area contributed by atoms with E-state index in [0.29, 0.717) is 23.6 Å². The molecule has 0 fully saturated rings. The van der Waals surface area contributed by atoms with Crippen molar-refractivity contribution in [1.82, 2.24) is 0 Å². The van der Waals surface area contributed by atoms with Crippen molar-refractivity contribution in [2.75, 3.05) is 12.3 Å². The van der Waals surface area contributed by atoms with Crippen molar-refractivity contribution in [1.29, 1.82) is 0 Å². The fraction of sp³-hybridized carbons (Fsp3) is 0.333. The van der Waals surface area contributed by atoms with Gasteiger partial charge in [-0.1, -0.05) is 12.1 Å². The molecule has 0 amide bonds. The molecule has 0 saturated heterocycles. The lowest BCUT2D eigenvalue weighted by molar-refractivity contribution is 0.461. The van der Waals surface area contributed by atoms with Gasteiger partial charge in [0.15, 0.2) is 0 Å². The number of phenolic OH excluding ortho intramolecular Hbond substituents is 1. The first-order valence-electron chi connectivity index (χ1n) is 4.12. The zero-order valence-corrected chi connectivity index (χ0v) is 8.09. The molecule has 0 bridgehead atoms. The first-order chi connectivity index (χ1) is 6.25. The number of phenols is 1. The molecule has 1 unspecified atom stereocenters. The molecule has 0 aliphatic heterocycles. The number of hydrogen-bond acceptors (Lipinski definition) is 3. The predicted octanol–water partition coefficient (Wildman–Crippen LogP) is 0.849. The fourth-order valence-corrected chi connectivity index (χ4v) is 2.15. The van der Waals surface area contributed by atoms with Crippen molar-refractivity contribution in [2.45, 2.75) is 11.3 Å². The van der Waals surface area contributed by atoms with Gasteiger partial charge in [0.2, 0.25) is 0 Å². The largest absolute Gasteiger partial charge is 0.507 e. The van der Waals surface area contributed by atoms with Gasteiger partial charge >= 0.3 is 0 Å². The molecular weight excluding hydrogens is 186 g/mol. The molecule has 3 N–H and O–H groups in total. The number of nitrogens with two attached hydrogens (primary N) is 1. The topological polar surface area (TPSA) is 63.3 Å². The number of benzene rings is 1. The first kappa shape index (κ1) is 10.2. The molecule has 72 valence electrons. The van der Waals surface area contributed by atoms with E-state index in [4.69, 9.17) is 5.73 Å². The Morgan fingerprint density at radius 2 is 2.08 bits per heavy atom. The molecule has 4 heteroatoms. The van der Waals surface area contributed by atoms with Gasteiger partial charge in [-0.3, -0.25) is 4.21 Å². The minimum Gasteiger partial charge on any atom is -0.507 e. The van der Waals surface area contributed by atoms with Gasteiger partial charge in [0.1, 0.15) is 5.75 Å². The van der Waals surface area contributed by atoms with Crippen LogP contribution in [0.2, 0.25) is 0 Å². The summed E-state index contributed by atoms with van der Waals surface area (Å²) in [7, 11) is -1.12. The molecule has 1 atom stereocenters. The SMILES string of the molecule is NCCCS(=O)c1ccccc1O. The second-order valence-corrected chi connectivity index (χ2v) is 4.20. The molecular formula is C9H13NO2S. The van der Waals surface area contributed by atoms with Crippen LogP contribution in [0, 0.1) is 0 Å². The summed E-state index contributed by atoms with van der Waals surface area (Å²) in [5.41, 5.74) is 5.30. The normalized spacial score (nSPS) is 12.7. The van der Waals surface area contributed by atoms with Gasteiger partial charge in [0, 0.05) is 5.75 Å². The second kappa shape index (κ2) is 4.99. The molecule has 0 aliphatic carbocycles. The zero-order valence-electron chi connectivity index (χ0n) is 7.27. The summed E-state index contributed by atoms with van der Waals surface area (Å²) in [6.45, 7) is 0.527. The highest BCUT2D eigenvalue weighted by Gasteiger charge is 2.06. The Balaban J connectivity index is 2.71. The third-order valence-corrected chi connectivity index (χ3v) is 3.14. The van der Waals surface area contributed by atoms with Crippen molar-refractivity contribution in [3.63, 3.8) is 0 Å². The van der Waals surface area contributed by atoms with Crippen LogP contribution in [0.4, 0.5) is 0 Å². The summed E-state index contributed by atoms with van der Waals surface area (Å²) in [5, 5.41) is 9.36. The summed E-state index contributed by atoms with van der Waals surface area (Å²) in [6, 6.07) is 6.67. The van der Waals surface area contributed by atoms with E-state index in [2.05, 4.69) is 0 Å². The lowest BCUT2D eigenvalue weighted by Crippen LogP contribution is -2.06. The zero-order chi connectivity index (χ0) is 9.68. The summed E-state index contributed by atoms with van der Waals surface area (Å²) in [6.07, 6.45) is 0.709. The maximum Gasteiger partial charge on any atom is 0.131 e. The van der Waals surface area contributed by atoms with Crippen LogP contribution < -0.4 is 5.73 Å². The molecule has 13 heavy (non-hydrogen) atoms. The first-order valence-corrected chi connectivity index (χ1v) is 5.44. The van der Waals surface area contributed by atoms with Gasteiger partial charge in [-0.15, -0.1) is 0 Å². The average molecular weight is 199 g/mol. The van der Waals surface area contributed by atoms with E-state index in [-0.39, 0.29) is 5.75 Å². The molecule has 0 aromatic heterocycles. The number of aromatic hydroxyl groups is 1.